The Hall–Kier alpha value is 0.870. The van der Waals surface area contributed by atoms with E-state index in [4.69, 9.17) is 4.74 Å². The first kappa shape index (κ1) is 11.4. The van der Waals surface area contributed by atoms with E-state index in [1.807, 2.05) is 0 Å². The van der Waals surface area contributed by atoms with Crippen molar-refractivity contribution in [2.45, 2.75) is 31.5 Å². The monoisotopic (exact) mass is 386 g/mol. The van der Waals surface area contributed by atoms with Gasteiger partial charge < -0.3 is 4.74 Å². The Balaban J connectivity index is 2.18. The second-order valence-corrected chi connectivity index (χ2v) is 7.11. The molecule has 4 heteroatoms. The lowest BCUT2D eigenvalue weighted by Crippen LogP contribution is -2.21. The van der Waals surface area contributed by atoms with Gasteiger partial charge in [-0.3, -0.25) is 0 Å². The molecule has 0 aliphatic carbocycles. The summed E-state index contributed by atoms with van der Waals surface area (Å²) in [5.74, 6) is 0. The van der Waals surface area contributed by atoms with E-state index in [0.717, 1.165) is 10.8 Å². The average molecular weight is 387 g/mol. The van der Waals surface area contributed by atoms with Crippen LogP contribution in [0.5, 0.6) is 0 Å². The fourth-order valence-corrected chi connectivity index (χ4v) is 3.93. The molecule has 1 fully saturated rings. The van der Waals surface area contributed by atoms with E-state index in [1.54, 1.807) is 11.3 Å². The van der Waals surface area contributed by atoms with Crippen LogP contribution >= 0.6 is 49.9 Å². The predicted molar refractivity (Wildman–Crippen MR) is 72.4 cm³/mol. The van der Waals surface area contributed by atoms with Crippen LogP contribution in [0.15, 0.2) is 15.9 Å². The molecule has 0 bridgehead atoms. The Kier molecular flexibility index (Phi) is 3.56. The second kappa shape index (κ2) is 4.39. The molecule has 1 aliphatic heterocycles. The highest BCUT2D eigenvalue weighted by Crippen LogP contribution is 2.43. The van der Waals surface area contributed by atoms with Gasteiger partial charge in [-0.2, -0.15) is 0 Å². The lowest BCUT2D eigenvalue weighted by Gasteiger charge is -2.23. The summed E-state index contributed by atoms with van der Waals surface area (Å²) in [4.78, 5) is 1.34. The van der Waals surface area contributed by atoms with Crippen molar-refractivity contribution in [3.63, 3.8) is 0 Å². The molecule has 1 aromatic heterocycles. The highest BCUT2D eigenvalue weighted by atomic mass is 127. The first-order chi connectivity index (χ1) is 6.64. The molecule has 2 atom stereocenters. The number of hydrogen-bond donors (Lipinski definition) is 0. The fraction of sp³-hybridized carbons (Fsp3) is 0.600. The lowest BCUT2D eigenvalue weighted by atomic mass is 10.0. The highest BCUT2D eigenvalue weighted by molar-refractivity contribution is 14.1. The van der Waals surface area contributed by atoms with Crippen molar-refractivity contribution in [1.29, 1.82) is 0 Å². The summed E-state index contributed by atoms with van der Waals surface area (Å²) in [5, 5.41) is 0. The Morgan fingerprint density at radius 3 is 3.00 bits per heavy atom. The molecule has 1 aliphatic rings. The summed E-state index contributed by atoms with van der Waals surface area (Å²) in [6.07, 6.45) is 2.78. The quantitative estimate of drug-likeness (QED) is 0.542. The molecule has 2 unspecified atom stereocenters. The van der Waals surface area contributed by atoms with E-state index < -0.39 is 0 Å². The van der Waals surface area contributed by atoms with Crippen LogP contribution in [0.4, 0.5) is 0 Å². The number of alkyl halides is 1. The summed E-state index contributed by atoms with van der Waals surface area (Å²) in [6.45, 7) is 2.21. The van der Waals surface area contributed by atoms with Crippen LogP contribution in [0.25, 0.3) is 0 Å². The smallest absolute Gasteiger partial charge is 0.1000 e. The van der Waals surface area contributed by atoms with E-state index in [9.17, 15) is 0 Å². The van der Waals surface area contributed by atoms with Crippen molar-refractivity contribution >= 4 is 49.9 Å². The third-order valence-electron chi connectivity index (χ3n) is 2.64. The minimum absolute atomic E-state index is 0.0352. The molecule has 2 heterocycles. The van der Waals surface area contributed by atoms with Gasteiger partial charge in [-0.25, -0.2) is 0 Å². The Labute approximate surface area is 110 Å². The number of hydrogen-bond acceptors (Lipinski definition) is 2. The number of rotatable bonds is 2. The highest BCUT2D eigenvalue weighted by Gasteiger charge is 2.37. The van der Waals surface area contributed by atoms with Gasteiger partial charge >= 0.3 is 0 Å². The standard InChI is InChI=1S/C10H12BrIOS/c1-10(5-4-7(6-12)13-10)8-2-3-9(11)14-8/h2-3,7H,4-6H2,1H3. The van der Waals surface area contributed by atoms with Crippen LogP contribution in [0.2, 0.25) is 0 Å². The van der Waals surface area contributed by atoms with Gasteiger partial charge in [0.05, 0.1) is 15.5 Å². The van der Waals surface area contributed by atoms with Crippen molar-refractivity contribution in [3.8, 4) is 0 Å². The van der Waals surface area contributed by atoms with E-state index in [0.29, 0.717) is 6.10 Å². The van der Waals surface area contributed by atoms with Crippen molar-refractivity contribution in [2.24, 2.45) is 0 Å². The molecule has 0 N–H and O–H groups in total. The van der Waals surface area contributed by atoms with Crippen LogP contribution < -0.4 is 0 Å². The molecular formula is C10H12BrIOS. The lowest BCUT2D eigenvalue weighted by molar-refractivity contribution is -0.0188. The van der Waals surface area contributed by atoms with Crippen LogP contribution in [-0.4, -0.2) is 10.5 Å². The summed E-state index contributed by atoms with van der Waals surface area (Å²) in [7, 11) is 0. The molecule has 78 valence electrons. The zero-order chi connectivity index (χ0) is 10.2. The van der Waals surface area contributed by atoms with E-state index >= 15 is 0 Å². The van der Waals surface area contributed by atoms with E-state index in [-0.39, 0.29) is 5.60 Å². The molecule has 1 aromatic rings. The maximum Gasteiger partial charge on any atom is 0.1000 e. The molecule has 1 saturated heterocycles. The molecule has 0 radical (unpaired) electrons. The molecule has 2 rings (SSSR count). The molecule has 0 aromatic carbocycles. The van der Waals surface area contributed by atoms with Crippen LogP contribution in [0, 0.1) is 0 Å². The van der Waals surface area contributed by atoms with Gasteiger partial charge in [-0.1, -0.05) is 22.6 Å². The average Bonchev–Trinajstić information content (AvgIpc) is 2.73. The number of ether oxygens (including phenoxy) is 1. The molecule has 0 amide bonds. The van der Waals surface area contributed by atoms with Crippen molar-refractivity contribution < 1.29 is 4.74 Å². The van der Waals surface area contributed by atoms with Gasteiger partial charge in [0.15, 0.2) is 0 Å². The van der Waals surface area contributed by atoms with Crippen molar-refractivity contribution in [1.82, 2.24) is 0 Å². The van der Waals surface area contributed by atoms with Crippen molar-refractivity contribution in [3.05, 3.63) is 20.8 Å². The Morgan fingerprint density at radius 2 is 2.50 bits per heavy atom. The zero-order valence-corrected chi connectivity index (χ0v) is 12.5. The summed E-state index contributed by atoms with van der Waals surface area (Å²) in [6, 6.07) is 4.27. The van der Waals surface area contributed by atoms with Crippen LogP contribution in [0.1, 0.15) is 24.6 Å². The molecule has 0 spiro atoms. The van der Waals surface area contributed by atoms with Gasteiger partial charge in [0.1, 0.15) is 0 Å². The number of thiophene rings is 1. The SMILES string of the molecule is CC1(c2ccc(Br)s2)CCC(CI)O1. The van der Waals surface area contributed by atoms with Crippen LogP contribution in [-0.2, 0) is 10.3 Å². The van der Waals surface area contributed by atoms with Crippen LogP contribution in [0.3, 0.4) is 0 Å². The summed E-state index contributed by atoms with van der Waals surface area (Å²) < 4.78 is 8.37. The second-order valence-electron chi connectivity index (χ2n) is 3.77. The number of halogens is 2. The minimum atomic E-state index is -0.0352. The minimum Gasteiger partial charge on any atom is -0.366 e. The van der Waals surface area contributed by atoms with Gasteiger partial charge in [0.2, 0.25) is 0 Å². The third kappa shape index (κ3) is 2.18. The maximum absolute atomic E-state index is 6.08. The molecule has 1 nitrogen and oxygen atoms in total. The molecule has 0 saturated carbocycles. The van der Waals surface area contributed by atoms with Crippen molar-refractivity contribution in [2.75, 3.05) is 4.43 Å². The largest absolute Gasteiger partial charge is 0.366 e. The maximum atomic E-state index is 6.08. The topological polar surface area (TPSA) is 9.23 Å². The first-order valence-corrected chi connectivity index (χ1v) is 7.77. The van der Waals surface area contributed by atoms with Gasteiger partial charge in [0, 0.05) is 9.30 Å². The van der Waals surface area contributed by atoms with E-state index in [1.165, 1.54) is 15.1 Å². The molecular weight excluding hydrogens is 375 g/mol. The fourth-order valence-electron chi connectivity index (χ4n) is 1.81. The predicted octanol–water partition coefficient (Wildman–Crippen LogP) is 4.34. The first-order valence-electron chi connectivity index (χ1n) is 4.64. The van der Waals surface area contributed by atoms with Gasteiger partial charge in [-0.05, 0) is 47.8 Å². The van der Waals surface area contributed by atoms with Gasteiger partial charge in [0.25, 0.3) is 0 Å². The Bertz CT molecular complexity index is 328. The summed E-state index contributed by atoms with van der Waals surface area (Å²) in [5.41, 5.74) is -0.0352. The van der Waals surface area contributed by atoms with Gasteiger partial charge in [-0.15, -0.1) is 11.3 Å². The Morgan fingerprint density at radius 1 is 1.71 bits per heavy atom. The summed E-state index contributed by atoms with van der Waals surface area (Å²) >= 11 is 7.68. The third-order valence-corrected chi connectivity index (χ3v) is 5.49. The molecule has 14 heavy (non-hydrogen) atoms. The normalized spacial score (nSPS) is 32.4. The zero-order valence-electron chi connectivity index (χ0n) is 7.93. The van der Waals surface area contributed by atoms with E-state index in [2.05, 4.69) is 57.6 Å².